The van der Waals surface area contributed by atoms with E-state index in [4.69, 9.17) is 9.47 Å². The van der Waals surface area contributed by atoms with Crippen LogP contribution in [0.4, 0.5) is 4.79 Å². The molecule has 0 aliphatic carbocycles. The van der Waals surface area contributed by atoms with Crippen molar-refractivity contribution in [2.45, 2.75) is 37.2 Å². The molecule has 0 saturated heterocycles. The first-order valence-corrected chi connectivity index (χ1v) is 9.19. The summed E-state index contributed by atoms with van der Waals surface area (Å²) in [4.78, 5) is 16.7. The van der Waals surface area contributed by atoms with E-state index in [2.05, 4.69) is 10.1 Å². The van der Waals surface area contributed by atoms with Crippen LogP contribution in [0.3, 0.4) is 0 Å². The van der Waals surface area contributed by atoms with E-state index in [1.807, 2.05) is 57.2 Å². The van der Waals surface area contributed by atoms with E-state index in [1.165, 1.54) is 4.68 Å². The molecule has 0 radical (unpaired) electrons. The number of fused-ring (bicyclic) bond motifs is 1. The molecular weight excluding hydrogens is 350 g/mol. The second kappa shape index (κ2) is 7.37. The highest BCUT2D eigenvalue weighted by Gasteiger charge is 2.22. The van der Waals surface area contributed by atoms with Gasteiger partial charge in [-0.05, 0) is 50.6 Å². The van der Waals surface area contributed by atoms with Crippen LogP contribution in [0, 0.1) is 0 Å². The second-order valence-electron chi connectivity index (χ2n) is 6.71. The molecule has 0 fully saturated rings. The normalized spacial score (nSPS) is 11.5. The summed E-state index contributed by atoms with van der Waals surface area (Å²) in [6, 6.07) is 11.6. The van der Waals surface area contributed by atoms with Gasteiger partial charge in [0.2, 0.25) is 0 Å². The molecule has 0 saturated carbocycles. The van der Waals surface area contributed by atoms with Gasteiger partial charge < -0.3 is 9.47 Å². The summed E-state index contributed by atoms with van der Waals surface area (Å²) in [6.07, 6.45) is 1.11. The molecule has 0 aliphatic rings. The van der Waals surface area contributed by atoms with E-state index >= 15 is 0 Å². The molecule has 0 atom stereocenters. The standard InChI is InChI=1S/C19H21N3O3S/c1-19(2,3)25-18(23)22-16-15(6-5-11-20-16)17(21-22)26-12-13-7-9-14(24-4)10-8-13/h5-11H,12H2,1-4H3. The quantitative estimate of drug-likeness (QED) is 0.629. The van der Waals surface area contributed by atoms with Crippen LogP contribution in [-0.4, -0.2) is 33.6 Å². The Bertz CT molecular complexity index is 914. The Hall–Kier alpha value is -2.54. The van der Waals surface area contributed by atoms with Crippen LogP contribution >= 0.6 is 11.8 Å². The minimum atomic E-state index is -0.597. The molecule has 7 heteroatoms. The third-order valence-electron chi connectivity index (χ3n) is 3.51. The molecule has 2 aromatic heterocycles. The van der Waals surface area contributed by atoms with Gasteiger partial charge in [-0.2, -0.15) is 5.10 Å². The molecule has 0 unspecified atom stereocenters. The first-order chi connectivity index (χ1) is 12.4. The average molecular weight is 371 g/mol. The van der Waals surface area contributed by atoms with E-state index in [0.717, 1.165) is 27.5 Å². The van der Waals surface area contributed by atoms with Crippen LogP contribution in [0.15, 0.2) is 47.6 Å². The maximum absolute atomic E-state index is 12.4. The zero-order valence-electron chi connectivity index (χ0n) is 15.2. The SMILES string of the molecule is COc1ccc(CSc2nn(C(=O)OC(C)(C)C)c3ncccc23)cc1. The zero-order chi connectivity index (χ0) is 18.7. The summed E-state index contributed by atoms with van der Waals surface area (Å²) in [5, 5.41) is 6.02. The monoisotopic (exact) mass is 371 g/mol. The van der Waals surface area contributed by atoms with E-state index in [-0.39, 0.29) is 0 Å². The summed E-state index contributed by atoms with van der Waals surface area (Å²) in [7, 11) is 1.65. The first-order valence-electron chi connectivity index (χ1n) is 8.20. The number of hydrogen-bond acceptors (Lipinski definition) is 6. The maximum Gasteiger partial charge on any atom is 0.437 e. The van der Waals surface area contributed by atoms with E-state index in [0.29, 0.717) is 5.65 Å². The van der Waals surface area contributed by atoms with Crippen molar-refractivity contribution >= 4 is 28.9 Å². The van der Waals surface area contributed by atoms with E-state index in [1.54, 1.807) is 25.1 Å². The summed E-state index contributed by atoms with van der Waals surface area (Å²) in [5.41, 5.74) is 1.04. The largest absolute Gasteiger partial charge is 0.497 e. The lowest BCUT2D eigenvalue weighted by Crippen LogP contribution is -2.27. The molecule has 0 N–H and O–H groups in total. The summed E-state index contributed by atoms with van der Waals surface area (Å²) in [6.45, 7) is 5.47. The molecular formula is C19H21N3O3S. The highest BCUT2D eigenvalue weighted by Crippen LogP contribution is 2.29. The Morgan fingerprint density at radius 2 is 1.92 bits per heavy atom. The van der Waals surface area contributed by atoms with Gasteiger partial charge in [-0.15, -0.1) is 4.68 Å². The molecule has 2 heterocycles. The molecule has 26 heavy (non-hydrogen) atoms. The van der Waals surface area contributed by atoms with Gasteiger partial charge in [0.05, 0.1) is 12.5 Å². The molecule has 0 bridgehead atoms. The van der Waals surface area contributed by atoms with Crippen molar-refractivity contribution in [3.63, 3.8) is 0 Å². The number of aromatic nitrogens is 3. The van der Waals surface area contributed by atoms with Crippen LogP contribution < -0.4 is 4.74 Å². The fourth-order valence-electron chi connectivity index (χ4n) is 2.34. The Morgan fingerprint density at radius 1 is 1.19 bits per heavy atom. The van der Waals surface area contributed by atoms with E-state index < -0.39 is 11.7 Å². The lowest BCUT2D eigenvalue weighted by atomic mass is 10.2. The maximum atomic E-state index is 12.4. The van der Waals surface area contributed by atoms with Crippen LogP contribution in [-0.2, 0) is 10.5 Å². The number of carbonyl (C=O) groups is 1. The van der Waals surface area contributed by atoms with Crippen molar-refractivity contribution in [1.29, 1.82) is 0 Å². The number of rotatable bonds is 4. The lowest BCUT2D eigenvalue weighted by Gasteiger charge is -2.18. The number of ether oxygens (including phenoxy) is 2. The molecule has 3 rings (SSSR count). The number of hydrogen-bond donors (Lipinski definition) is 0. The van der Waals surface area contributed by atoms with Gasteiger partial charge in [0.15, 0.2) is 5.65 Å². The van der Waals surface area contributed by atoms with Gasteiger partial charge in [-0.3, -0.25) is 0 Å². The van der Waals surface area contributed by atoms with Crippen LogP contribution in [0.2, 0.25) is 0 Å². The molecule has 6 nitrogen and oxygen atoms in total. The van der Waals surface area contributed by atoms with Crippen molar-refractivity contribution in [2.75, 3.05) is 7.11 Å². The molecule has 3 aromatic rings. The fourth-order valence-corrected chi connectivity index (χ4v) is 3.29. The number of thioether (sulfide) groups is 1. The molecule has 0 aliphatic heterocycles. The highest BCUT2D eigenvalue weighted by molar-refractivity contribution is 7.98. The summed E-state index contributed by atoms with van der Waals surface area (Å²) < 4.78 is 11.8. The van der Waals surface area contributed by atoms with E-state index in [9.17, 15) is 4.79 Å². The number of methoxy groups -OCH3 is 1. The van der Waals surface area contributed by atoms with Gasteiger partial charge in [0.25, 0.3) is 0 Å². The average Bonchev–Trinajstić information content (AvgIpc) is 2.98. The summed E-state index contributed by atoms with van der Waals surface area (Å²) in [5.74, 6) is 1.54. The highest BCUT2D eigenvalue weighted by atomic mass is 32.2. The predicted molar refractivity (Wildman–Crippen MR) is 102 cm³/mol. The van der Waals surface area contributed by atoms with Crippen LogP contribution in [0.5, 0.6) is 5.75 Å². The van der Waals surface area contributed by atoms with Gasteiger partial charge in [0.1, 0.15) is 16.4 Å². The molecule has 0 amide bonds. The minimum absolute atomic E-state index is 0.499. The smallest absolute Gasteiger partial charge is 0.437 e. The number of nitrogens with zero attached hydrogens (tertiary/aromatic N) is 3. The fraction of sp³-hybridized carbons (Fsp3) is 0.316. The summed E-state index contributed by atoms with van der Waals surface area (Å²) >= 11 is 1.55. The van der Waals surface area contributed by atoms with Crippen molar-refractivity contribution in [3.05, 3.63) is 48.2 Å². The Balaban J connectivity index is 1.85. The topological polar surface area (TPSA) is 66.2 Å². The predicted octanol–water partition coefficient (Wildman–Crippen LogP) is 4.52. The van der Waals surface area contributed by atoms with Crippen molar-refractivity contribution in [1.82, 2.24) is 14.8 Å². The Morgan fingerprint density at radius 3 is 2.58 bits per heavy atom. The van der Waals surface area contributed by atoms with Gasteiger partial charge >= 0.3 is 6.09 Å². The van der Waals surface area contributed by atoms with Crippen molar-refractivity contribution in [3.8, 4) is 5.75 Å². The van der Waals surface area contributed by atoms with Gasteiger partial charge in [-0.1, -0.05) is 23.9 Å². The van der Waals surface area contributed by atoms with Gasteiger partial charge in [0, 0.05) is 11.9 Å². The van der Waals surface area contributed by atoms with Crippen molar-refractivity contribution in [2.24, 2.45) is 0 Å². The van der Waals surface area contributed by atoms with Crippen LogP contribution in [0.25, 0.3) is 11.0 Å². The number of benzene rings is 1. The molecule has 136 valence electrons. The molecule has 0 spiro atoms. The third-order valence-corrected chi connectivity index (χ3v) is 4.56. The lowest BCUT2D eigenvalue weighted by molar-refractivity contribution is 0.0520. The first kappa shape index (κ1) is 18.3. The Labute approximate surface area is 156 Å². The second-order valence-corrected chi connectivity index (χ2v) is 7.67. The van der Waals surface area contributed by atoms with Gasteiger partial charge in [-0.25, -0.2) is 9.78 Å². The molecule has 1 aromatic carbocycles. The van der Waals surface area contributed by atoms with Crippen LogP contribution in [0.1, 0.15) is 26.3 Å². The number of carbonyl (C=O) groups excluding carboxylic acids is 1. The number of pyridine rings is 1. The third kappa shape index (κ3) is 4.16. The minimum Gasteiger partial charge on any atom is -0.497 e. The zero-order valence-corrected chi connectivity index (χ0v) is 16.0. The van der Waals surface area contributed by atoms with Crippen molar-refractivity contribution < 1.29 is 14.3 Å². The Kier molecular flexibility index (Phi) is 5.18.